The Bertz CT molecular complexity index is 1490. The van der Waals surface area contributed by atoms with E-state index in [1.54, 1.807) is 29.5 Å². The standard InChI is InChI=1S/C34H46N8O2S/c1-4-28-33(43)39(2)29-20-35-34(38-31(29)42(28)26-11-7-8-12-26)37-27-14-13-23(19-30(27)44-3)32-36-24(22-45-32)21-40-15-17-41(18-16-40)25-9-5-6-10-25/h13-14,19-20,22,25-26,28H,4-12,15-18,21H2,1-3H3,(H,35,37,38)/t28-/m1/s1. The zero-order valence-corrected chi connectivity index (χ0v) is 27.7. The van der Waals surface area contributed by atoms with E-state index in [1.807, 2.05) is 19.2 Å². The molecule has 7 rings (SSSR count). The van der Waals surface area contributed by atoms with Crippen molar-refractivity contribution < 1.29 is 9.53 Å². The number of rotatable bonds is 9. The van der Waals surface area contributed by atoms with E-state index in [2.05, 4.69) is 43.4 Å². The van der Waals surface area contributed by atoms with Gasteiger partial charge in [0.05, 0.1) is 24.7 Å². The molecule has 4 heterocycles. The van der Waals surface area contributed by atoms with Gasteiger partial charge >= 0.3 is 0 Å². The molecule has 10 nitrogen and oxygen atoms in total. The molecule has 0 radical (unpaired) electrons. The fourth-order valence-electron chi connectivity index (χ4n) is 7.79. The first-order valence-electron chi connectivity index (χ1n) is 16.8. The number of nitrogens with zero attached hydrogens (tertiary/aromatic N) is 7. The first-order valence-corrected chi connectivity index (χ1v) is 17.7. The molecular formula is C34H46N8O2S. The van der Waals surface area contributed by atoms with E-state index in [-0.39, 0.29) is 11.9 Å². The molecule has 2 aliphatic carbocycles. The van der Waals surface area contributed by atoms with Gasteiger partial charge in [-0.3, -0.25) is 14.6 Å². The van der Waals surface area contributed by atoms with Gasteiger partial charge in [0.1, 0.15) is 22.5 Å². The zero-order valence-electron chi connectivity index (χ0n) is 26.9. The summed E-state index contributed by atoms with van der Waals surface area (Å²) in [4.78, 5) is 37.1. The molecule has 0 bridgehead atoms. The molecule has 0 spiro atoms. The summed E-state index contributed by atoms with van der Waals surface area (Å²) in [6, 6.07) is 7.07. The minimum Gasteiger partial charge on any atom is -0.495 e. The Morgan fingerprint density at radius 2 is 1.73 bits per heavy atom. The lowest BCUT2D eigenvalue weighted by Crippen LogP contribution is -2.55. The molecule has 0 unspecified atom stereocenters. The van der Waals surface area contributed by atoms with Gasteiger partial charge in [-0.15, -0.1) is 11.3 Å². The second kappa shape index (κ2) is 13.2. The van der Waals surface area contributed by atoms with Crippen LogP contribution in [0.5, 0.6) is 5.75 Å². The van der Waals surface area contributed by atoms with Crippen molar-refractivity contribution in [1.82, 2.24) is 24.8 Å². The predicted molar refractivity (Wildman–Crippen MR) is 181 cm³/mol. The second-order valence-electron chi connectivity index (χ2n) is 13.0. The van der Waals surface area contributed by atoms with Crippen LogP contribution >= 0.6 is 11.3 Å². The van der Waals surface area contributed by atoms with Crippen molar-refractivity contribution in [2.75, 3.05) is 55.5 Å². The second-order valence-corrected chi connectivity index (χ2v) is 13.9. The van der Waals surface area contributed by atoms with E-state index in [1.165, 1.54) is 51.6 Å². The Labute approximate surface area is 270 Å². The van der Waals surface area contributed by atoms with Crippen LogP contribution in [0.4, 0.5) is 23.1 Å². The number of carbonyl (C=O) groups is 1. The van der Waals surface area contributed by atoms with E-state index >= 15 is 0 Å². The molecular weight excluding hydrogens is 584 g/mol. The third-order valence-corrected chi connectivity index (χ3v) is 11.2. The van der Waals surface area contributed by atoms with Gasteiger partial charge < -0.3 is 19.9 Å². The van der Waals surface area contributed by atoms with Gasteiger partial charge in [-0.05, 0) is 50.3 Å². The van der Waals surface area contributed by atoms with Gasteiger partial charge in [-0.1, -0.05) is 32.6 Å². The molecule has 45 heavy (non-hydrogen) atoms. The number of benzene rings is 1. The first-order chi connectivity index (χ1) is 22.0. The Hall–Kier alpha value is -3.28. The van der Waals surface area contributed by atoms with Crippen molar-refractivity contribution in [3.8, 4) is 16.3 Å². The zero-order chi connectivity index (χ0) is 30.9. The maximum absolute atomic E-state index is 13.2. The smallest absolute Gasteiger partial charge is 0.249 e. The highest BCUT2D eigenvalue weighted by Gasteiger charge is 2.41. The third kappa shape index (κ3) is 6.14. The maximum Gasteiger partial charge on any atom is 0.249 e. The van der Waals surface area contributed by atoms with Crippen LogP contribution in [0.3, 0.4) is 0 Å². The molecule has 2 aliphatic heterocycles. The highest BCUT2D eigenvalue weighted by atomic mass is 32.1. The molecule has 240 valence electrons. The number of ether oxygens (including phenoxy) is 1. The van der Waals surface area contributed by atoms with Gasteiger partial charge in [-0.2, -0.15) is 4.98 Å². The summed E-state index contributed by atoms with van der Waals surface area (Å²) in [6.45, 7) is 7.57. The fourth-order valence-corrected chi connectivity index (χ4v) is 8.60. The van der Waals surface area contributed by atoms with Crippen molar-refractivity contribution >= 4 is 40.4 Å². The molecule has 2 aromatic heterocycles. The quantitative estimate of drug-likeness (QED) is 0.310. The van der Waals surface area contributed by atoms with Crippen LogP contribution in [-0.4, -0.2) is 89.1 Å². The number of nitrogens with one attached hydrogen (secondary N) is 1. The summed E-state index contributed by atoms with van der Waals surface area (Å²) in [6.07, 6.45) is 12.6. The van der Waals surface area contributed by atoms with E-state index in [0.717, 1.165) is 78.4 Å². The molecule has 2 saturated carbocycles. The molecule has 4 aliphatic rings. The van der Waals surface area contributed by atoms with Crippen molar-refractivity contribution in [2.45, 2.75) is 89.4 Å². The molecule has 1 atom stereocenters. The highest BCUT2D eigenvalue weighted by Crippen LogP contribution is 2.41. The third-order valence-electron chi connectivity index (χ3n) is 10.3. The maximum atomic E-state index is 13.2. The molecule has 1 amide bonds. The lowest BCUT2D eigenvalue weighted by molar-refractivity contribution is -0.120. The number of amides is 1. The monoisotopic (exact) mass is 630 g/mol. The van der Waals surface area contributed by atoms with Crippen LogP contribution in [0, 0.1) is 0 Å². The van der Waals surface area contributed by atoms with Crippen LogP contribution < -0.4 is 19.9 Å². The van der Waals surface area contributed by atoms with Gasteiger partial charge in [0.25, 0.3) is 0 Å². The Morgan fingerprint density at radius 1 is 1.00 bits per heavy atom. The van der Waals surface area contributed by atoms with E-state index in [4.69, 9.17) is 14.7 Å². The van der Waals surface area contributed by atoms with Crippen LogP contribution in [0.2, 0.25) is 0 Å². The van der Waals surface area contributed by atoms with Crippen molar-refractivity contribution in [1.29, 1.82) is 0 Å². The number of hydrogen-bond acceptors (Lipinski definition) is 10. The SMILES string of the molecule is CC[C@@H]1C(=O)N(C)c2cnc(Nc3ccc(-c4nc(CN5CCN(C6CCCC6)CC5)cs4)cc3OC)nc2N1C1CCCC1. The number of fused-ring (bicyclic) bond motifs is 1. The van der Waals surface area contributed by atoms with Gasteiger partial charge in [0.2, 0.25) is 11.9 Å². The van der Waals surface area contributed by atoms with Crippen molar-refractivity contribution in [3.05, 3.63) is 35.5 Å². The number of aromatic nitrogens is 3. The number of methoxy groups -OCH3 is 1. The number of anilines is 4. The Balaban J connectivity index is 1.05. The number of carbonyl (C=O) groups excluding carboxylic acids is 1. The van der Waals surface area contributed by atoms with Crippen LogP contribution in [0.1, 0.15) is 70.4 Å². The largest absolute Gasteiger partial charge is 0.495 e. The molecule has 1 N–H and O–H groups in total. The minimum absolute atomic E-state index is 0.116. The molecule has 1 aromatic carbocycles. The summed E-state index contributed by atoms with van der Waals surface area (Å²) in [7, 11) is 3.51. The summed E-state index contributed by atoms with van der Waals surface area (Å²) in [5, 5.41) is 6.59. The van der Waals surface area contributed by atoms with Gasteiger partial charge in [0, 0.05) is 62.8 Å². The lowest BCUT2D eigenvalue weighted by Gasteiger charge is -2.43. The topological polar surface area (TPSA) is 90.0 Å². The molecule has 3 aromatic rings. The molecule has 11 heteroatoms. The van der Waals surface area contributed by atoms with Gasteiger partial charge in [0.15, 0.2) is 5.82 Å². The number of hydrogen-bond donors (Lipinski definition) is 1. The van der Waals surface area contributed by atoms with E-state index in [9.17, 15) is 4.79 Å². The average molecular weight is 631 g/mol. The van der Waals surface area contributed by atoms with E-state index < -0.39 is 0 Å². The fraction of sp³-hybridized carbons (Fsp3) is 0.588. The summed E-state index contributed by atoms with van der Waals surface area (Å²) in [5.74, 6) is 2.15. The summed E-state index contributed by atoms with van der Waals surface area (Å²) < 4.78 is 5.82. The van der Waals surface area contributed by atoms with Crippen LogP contribution in [0.25, 0.3) is 10.6 Å². The summed E-state index contributed by atoms with van der Waals surface area (Å²) >= 11 is 1.68. The van der Waals surface area contributed by atoms with E-state index in [0.29, 0.717) is 17.7 Å². The lowest BCUT2D eigenvalue weighted by atomic mass is 10.0. The first kappa shape index (κ1) is 30.4. The Morgan fingerprint density at radius 3 is 2.44 bits per heavy atom. The predicted octanol–water partition coefficient (Wildman–Crippen LogP) is 5.92. The molecule has 3 fully saturated rings. The molecule has 1 saturated heterocycles. The summed E-state index contributed by atoms with van der Waals surface area (Å²) in [5.41, 5.74) is 3.72. The van der Waals surface area contributed by atoms with Crippen molar-refractivity contribution in [2.24, 2.45) is 0 Å². The normalized spacial score (nSPS) is 21.9. The highest BCUT2D eigenvalue weighted by molar-refractivity contribution is 7.13. The minimum atomic E-state index is -0.202. The van der Waals surface area contributed by atoms with Gasteiger partial charge in [-0.25, -0.2) is 9.97 Å². The number of likely N-dealkylation sites (N-methyl/N-ethyl adjacent to an activating group) is 1. The van der Waals surface area contributed by atoms with Crippen molar-refractivity contribution in [3.63, 3.8) is 0 Å². The number of piperazine rings is 1. The van der Waals surface area contributed by atoms with Crippen LogP contribution in [-0.2, 0) is 11.3 Å². The average Bonchev–Trinajstić information content (AvgIpc) is 3.87. The Kier molecular flexibility index (Phi) is 8.92. The van der Waals surface area contributed by atoms with Crippen LogP contribution in [0.15, 0.2) is 29.8 Å². The number of thiazole rings is 1.